The first-order valence-corrected chi connectivity index (χ1v) is 10.6. The monoisotopic (exact) mass is 410 g/mol. The fourth-order valence-corrected chi connectivity index (χ4v) is 3.68. The van der Waals surface area contributed by atoms with E-state index in [4.69, 9.17) is 16.3 Å². The lowest BCUT2D eigenvalue weighted by Crippen LogP contribution is -2.32. The fraction of sp³-hybridized carbons (Fsp3) is 0.316. The van der Waals surface area contributed by atoms with Gasteiger partial charge in [-0.05, 0) is 42.3 Å². The Morgan fingerprint density at radius 3 is 2.48 bits per heavy atom. The summed E-state index contributed by atoms with van der Waals surface area (Å²) in [6.07, 6.45) is 1.76. The van der Waals surface area contributed by atoms with Gasteiger partial charge in [0.05, 0.1) is 19.1 Å². The predicted molar refractivity (Wildman–Crippen MR) is 108 cm³/mol. The van der Waals surface area contributed by atoms with Gasteiger partial charge in [-0.25, -0.2) is 8.42 Å². The molecular formula is C19H23ClN2O4S. The van der Waals surface area contributed by atoms with E-state index in [0.29, 0.717) is 23.7 Å². The van der Waals surface area contributed by atoms with E-state index < -0.39 is 10.0 Å². The Morgan fingerprint density at radius 1 is 1.19 bits per heavy atom. The largest absolute Gasteiger partial charge is 0.497 e. The average Bonchev–Trinajstić information content (AvgIpc) is 2.63. The van der Waals surface area contributed by atoms with Crippen LogP contribution in [-0.2, 0) is 21.4 Å². The third-order valence-electron chi connectivity index (χ3n) is 3.91. The van der Waals surface area contributed by atoms with E-state index in [1.54, 1.807) is 31.4 Å². The van der Waals surface area contributed by atoms with Crippen LogP contribution in [0.2, 0.25) is 5.02 Å². The molecule has 27 heavy (non-hydrogen) atoms. The third-order valence-corrected chi connectivity index (χ3v) is 5.34. The van der Waals surface area contributed by atoms with Crippen molar-refractivity contribution >= 4 is 33.2 Å². The van der Waals surface area contributed by atoms with Gasteiger partial charge in [-0.1, -0.05) is 29.8 Å². The van der Waals surface area contributed by atoms with Crippen LogP contribution in [0.1, 0.15) is 18.4 Å². The maximum Gasteiger partial charge on any atom is 0.232 e. The standard InChI is InChI=1S/C19H23ClN2O4S/c1-26-18-10-8-15(9-11-18)14-21-19(23)7-4-12-22(27(2,24)25)17-6-3-5-16(20)13-17/h3,5-6,8-11,13H,4,7,12,14H2,1-2H3,(H,21,23). The Balaban J connectivity index is 1.85. The van der Waals surface area contributed by atoms with Crippen LogP contribution in [-0.4, -0.2) is 34.2 Å². The van der Waals surface area contributed by atoms with Gasteiger partial charge in [0.2, 0.25) is 15.9 Å². The van der Waals surface area contributed by atoms with Crippen molar-refractivity contribution in [2.24, 2.45) is 0 Å². The summed E-state index contributed by atoms with van der Waals surface area (Å²) in [5.41, 5.74) is 1.45. The molecule has 0 atom stereocenters. The molecular weight excluding hydrogens is 388 g/mol. The normalized spacial score (nSPS) is 11.1. The summed E-state index contributed by atoms with van der Waals surface area (Å²) in [5.74, 6) is 0.623. The van der Waals surface area contributed by atoms with Crippen LogP contribution in [0.25, 0.3) is 0 Å². The number of rotatable bonds is 9. The first-order chi connectivity index (χ1) is 12.8. The highest BCUT2D eigenvalue weighted by atomic mass is 35.5. The summed E-state index contributed by atoms with van der Waals surface area (Å²) in [7, 11) is -1.87. The van der Waals surface area contributed by atoms with Crippen molar-refractivity contribution in [2.45, 2.75) is 19.4 Å². The number of carbonyl (C=O) groups excluding carboxylic acids is 1. The molecule has 2 aromatic rings. The molecule has 0 heterocycles. The van der Waals surface area contributed by atoms with Crippen LogP contribution >= 0.6 is 11.6 Å². The number of hydrogen-bond acceptors (Lipinski definition) is 4. The summed E-state index contributed by atoms with van der Waals surface area (Å²) >= 11 is 5.95. The summed E-state index contributed by atoms with van der Waals surface area (Å²) in [4.78, 5) is 12.0. The number of amides is 1. The number of nitrogens with zero attached hydrogens (tertiary/aromatic N) is 1. The highest BCUT2D eigenvalue weighted by Gasteiger charge is 2.17. The van der Waals surface area contributed by atoms with E-state index in [0.717, 1.165) is 17.6 Å². The van der Waals surface area contributed by atoms with Crippen LogP contribution in [0.15, 0.2) is 48.5 Å². The molecule has 0 aliphatic rings. The Hall–Kier alpha value is -2.25. The quantitative estimate of drug-likeness (QED) is 0.688. The molecule has 1 amide bonds. The molecule has 0 aliphatic carbocycles. The number of halogens is 1. The second-order valence-electron chi connectivity index (χ2n) is 6.04. The Labute approximate surface area is 165 Å². The summed E-state index contributed by atoms with van der Waals surface area (Å²) < 4.78 is 30.5. The molecule has 0 saturated heterocycles. The Bertz CT molecular complexity index is 870. The molecule has 146 valence electrons. The molecule has 2 rings (SSSR count). The molecule has 0 unspecified atom stereocenters. The van der Waals surface area contributed by atoms with Gasteiger partial charge in [-0.3, -0.25) is 9.10 Å². The van der Waals surface area contributed by atoms with E-state index in [1.807, 2.05) is 24.3 Å². The molecule has 0 spiro atoms. The van der Waals surface area contributed by atoms with Gasteiger partial charge in [0, 0.05) is 24.5 Å². The van der Waals surface area contributed by atoms with Crippen LogP contribution in [0.4, 0.5) is 5.69 Å². The Morgan fingerprint density at radius 2 is 1.89 bits per heavy atom. The minimum Gasteiger partial charge on any atom is -0.497 e. The second kappa shape index (κ2) is 9.62. The highest BCUT2D eigenvalue weighted by Crippen LogP contribution is 2.22. The van der Waals surface area contributed by atoms with E-state index in [2.05, 4.69) is 5.32 Å². The average molecular weight is 411 g/mol. The zero-order valence-electron chi connectivity index (χ0n) is 15.3. The molecule has 0 saturated carbocycles. The Kier molecular flexibility index (Phi) is 7.50. The molecule has 0 radical (unpaired) electrons. The van der Waals surface area contributed by atoms with Crippen LogP contribution in [0.5, 0.6) is 5.75 Å². The predicted octanol–water partition coefficient (Wildman–Crippen LogP) is 3.21. The molecule has 6 nitrogen and oxygen atoms in total. The summed E-state index contributed by atoms with van der Waals surface area (Å²) in [6, 6.07) is 14.1. The first-order valence-electron chi connectivity index (χ1n) is 8.42. The number of benzene rings is 2. The zero-order valence-corrected chi connectivity index (χ0v) is 16.9. The van der Waals surface area contributed by atoms with Gasteiger partial charge in [0.15, 0.2) is 0 Å². The summed E-state index contributed by atoms with van der Waals surface area (Å²) in [6.45, 7) is 0.613. The lowest BCUT2D eigenvalue weighted by molar-refractivity contribution is -0.121. The van der Waals surface area contributed by atoms with Crippen molar-refractivity contribution in [3.63, 3.8) is 0 Å². The van der Waals surface area contributed by atoms with Crippen molar-refractivity contribution in [1.82, 2.24) is 5.32 Å². The molecule has 0 aliphatic heterocycles. The van der Waals surface area contributed by atoms with Crippen LogP contribution < -0.4 is 14.4 Å². The number of hydrogen-bond donors (Lipinski definition) is 1. The topological polar surface area (TPSA) is 75.7 Å². The summed E-state index contributed by atoms with van der Waals surface area (Å²) in [5, 5.41) is 3.29. The molecule has 0 aromatic heterocycles. The van der Waals surface area contributed by atoms with Crippen molar-refractivity contribution in [3.8, 4) is 5.75 Å². The van der Waals surface area contributed by atoms with Crippen molar-refractivity contribution < 1.29 is 17.9 Å². The van der Waals surface area contributed by atoms with E-state index in [1.165, 1.54) is 4.31 Å². The number of carbonyl (C=O) groups is 1. The van der Waals surface area contributed by atoms with Crippen LogP contribution in [0, 0.1) is 0 Å². The number of nitrogens with one attached hydrogen (secondary N) is 1. The van der Waals surface area contributed by atoms with E-state index >= 15 is 0 Å². The first kappa shape index (κ1) is 21.1. The van der Waals surface area contributed by atoms with Gasteiger partial charge in [0.25, 0.3) is 0 Å². The third kappa shape index (κ3) is 6.77. The fourth-order valence-electron chi connectivity index (χ4n) is 2.53. The van der Waals surface area contributed by atoms with Gasteiger partial charge in [-0.2, -0.15) is 0 Å². The molecule has 1 N–H and O–H groups in total. The number of anilines is 1. The highest BCUT2D eigenvalue weighted by molar-refractivity contribution is 7.92. The van der Waals surface area contributed by atoms with E-state index in [9.17, 15) is 13.2 Å². The lowest BCUT2D eigenvalue weighted by Gasteiger charge is -2.22. The van der Waals surface area contributed by atoms with Gasteiger partial charge in [-0.15, -0.1) is 0 Å². The number of sulfonamides is 1. The molecule has 2 aromatic carbocycles. The zero-order chi connectivity index (χ0) is 19.9. The maximum absolute atomic E-state index is 12.1. The molecule has 8 heteroatoms. The maximum atomic E-state index is 12.1. The molecule has 0 fully saturated rings. The van der Waals surface area contributed by atoms with E-state index in [-0.39, 0.29) is 18.9 Å². The SMILES string of the molecule is COc1ccc(CNC(=O)CCCN(c2cccc(Cl)c2)S(C)(=O)=O)cc1. The lowest BCUT2D eigenvalue weighted by atomic mass is 10.2. The van der Waals surface area contributed by atoms with Crippen molar-refractivity contribution in [2.75, 3.05) is 24.2 Å². The molecule has 0 bridgehead atoms. The van der Waals surface area contributed by atoms with Crippen molar-refractivity contribution in [3.05, 3.63) is 59.1 Å². The van der Waals surface area contributed by atoms with Crippen molar-refractivity contribution in [1.29, 1.82) is 0 Å². The van der Waals surface area contributed by atoms with Gasteiger partial charge < -0.3 is 10.1 Å². The minimum atomic E-state index is -3.46. The number of ether oxygens (including phenoxy) is 1. The second-order valence-corrected chi connectivity index (χ2v) is 8.39. The van der Waals surface area contributed by atoms with Crippen LogP contribution in [0.3, 0.4) is 0 Å². The van der Waals surface area contributed by atoms with Gasteiger partial charge >= 0.3 is 0 Å². The number of methoxy groups -OCH3 is 1. The smallest absolute Gasteiger partial charge is 0.232 e. The van der Waals surface area contributed by atoms with Gasteiger partial charge in [0.1, 0.15) is 5.75 Å². The minimum absolute atomic E-state index is 0.134.